The third kappa shape index (κ3) is 2.86. The van der Waals surface area contributed by atoms with E-state index in [1.807, 2.05) is 0 Å². The molecule has 7 heteroatoms. The fourth-order valence-electron chi connectivity index (χ4n) is 0.939. The van der Waals surface area contributed by atoms with Crippen molar-refractivity contribution < 1.29 is 5.10 Å². The predicted molar refractivity (Wildman–Crippen MR) is 63.9 cm³/mol. The molecule has 0 saturated carbocycles. The Morgan fingerprint density at radius 3 is 2.62 bits per heavy atom. The van der Waals surface area contributed by atoms with Crippen LogP contribution in [0.4, 0.5) is 0 Å². The van der Waals surface area contributed by atoms with Crippen LogP contribution in [0.3, 0.4) is 0 Å². The number of halogens is 2. The van der Waals surface area contributed by atoms with Gasteiger partial charge in [0.1, 0.15) is 0 Å². The molecule has 0 bridgehead atoms. The highest BCUT2D eigenvalue weighted by molar-refractivity contribution is 6.44. The van der Waals surface area contributed by atoms with Gasteiger partial charge in [0.25, 0.3) is 0 Å². The lowest BCUT2D eigenvalue weighted by Gasteiger charge is -2.01. The van der Waals surface area contributed by atoms with Crippen molar-refractivity contribution in [2.45, 2.75) is 0 Å². The van der Waals surface area contributed by atoms with Gasteiger partial charge in [-0.05, 0) is 6.07 Å². The third-order valence-corrected chi connectivity index (χ3v) is 2.41. The van der Waals surface area contributed by atoms with Crippen LogP contribution in [0.5, 0.6) is 0 Å². The summed E-state index contributed by atoms with van der Waals surface area (Å²) in [7, 11) is 0. The van der Waals surface area contributed by atoms with Crippen molar-refractivity contribution in [3.63, 3.8) is 0 Å². The van der Waals surface area contributed by atoms with E-state index in [4.69, 9.17) is 41.2 Å². The van der Waals surface area contributed by atoms with E-state index < -0.39 is 0 Å². The fourth-order valence-corrected chi connectivity index (χ4v) is 1.32. The molecule has 0 aliphatic rings. The van der Waals surface area contributed by atoms with E-state index in [1.54, 1.807) is 18.2 Å². The molecule has 0 amide bonds. The maximum Gasteiger partial charge on any atom is 0.380 e. The van der Waals surface area contributed by atoms with Crippen LogP contribution in [0.1, 0.15) is 5.56 Å². The molecule has 1 aromatic rings. The number of guanidine groups is 1. The summed E-state index contributed by atoms with van der Waals surface area (Å²) in [5.41, 5.74) is 10.7. The monoisotopic (exact) mass is 256 g/mol. The lowest BCUT2D eigenvalue weighted by atomic mass is 10.2. The van der Waals surface area contributed by atoms with Crippen LogP contribution in [0.15, 0.2) is 23.3 Å². The minimum Gasteiger partial charge on any atom is -0.357 e. The largest absolute Gasteiger partial charge is 0.380 e. The van der Waals surface area contributed by atoms with Crippen LogP contribution >= 0.6 is 23.2 Å². The summed E-state index contributed by atoms with van der Waals surface area (Å²) in [4.78, 5) is 3.20. The molecule has 0 unspecified atom stereocenters. The predicted octanol–water partition coefficient (Wildman–Crippen LogP) is -0.0717. The molecule has 0 spiro atoms. The molecule has 1 aromatic carbocycles. The molecule has 0 radical (unpaired) electrons. The number of hydrogen-bond acceptors (Lipinski definition) is 1. The first-order valence-electron chi connectivity index (χ1n) is 4.09. The fraction of sp³-hybridized carbons (Fsp3) is 0. The van der Waals surface area contributed by atoms with Gasteiger partial charge in [-0.25, -0.2) is 0 Å². The Labute approximate surface area is 102 Å². The van der Waals surface area contributed by atoms with Crippen LogP contribution in [0.2, 0.25) is 10.0 Å². The van der Waals surface area contributed by atoms with Crippen molar-refractivity contribution >= 4 is 35.0 Å². The average Bonchev–Trinajstić information content (AvgIpc) is 2.24. The van der Waals surface area contributed by atoms with Crippen molar-refractivity contribution in [1.29, 1.82) is 0 Å². The maximum atomic E-state index is 6.97. The quantitative estimate of drug-likeness (QED) is 0.300. The topological polar surface area (TPSA) is 82.7 Å². The zero-order valence-electron chi connectivity index (χ0n) is 8.04. The minimum atomic E-state index is -0.112. The second-order valence-electron chi connectivity index (χ2n) is 2.72. The van der Waals surface area contributed by atoms with Gasteiger partial charge in [-0.1, -0.05) is 47.0 Å². The van der Waals surface area contributed by atoms with Crippen molar-refractivity contribution in [1.82, 2.24) is 0 Å². The molecule has 0 atom stereocenters. The summed E-state index contributed by atoms with van der Waals surface area (Å²) in [6, 6.07) is 4.91. The summed E-state index contributed by atoms with van der Waals surface area (Å²) >= 11 is 11.7. The average molecular weight is 257 g/mol. The first-order valence-corrected chi connectivity index (χ1v) is 4.85. The number of amidine groups is 1. The molecular weight excluding hydrogens is 249 g/mol. The standard InChI is InChI=1S/C9H7Cl2N5/c1-14-8(15-16-9(12)13)5-3-2-4-6(10)7(5)11/h2-4H,(H4,12,13,16)/p+1/b15-8-. The van der Waals surface area contributed by atoms with Gasteiger partial charge in [0.2, 0.25) is 0 Å². The molecular formula is C9H8Cl2N5+. The number of nitrogens with two attached hydrogens (primary N) is 2. The highest BCUT2D eigenvalue weighted by Crippen LogP contribution is 2.26. The summed E-state index contributed by atoms with van der Waals surface area (Å²) in [6.07, 6.45) is 0. The lowest BCUT2D eigenvalue weighted by Crippen LogP contribution is -2.72. The normalized spacial score (nSPS) is 10.7. The zero-order chi connectivity index (χ0) is 12.1. The zero-order valence-corrected chi connectivity index (χ0v) is 9.55. The molecule has 1 rings (SSSR count). The smallest absolute Gasteiger partial charge is 0.357 e. The van der Waals surface area contributed by atoms with E-state index in [0.717, 1.165) is 0 Å². The molecule has 0 aliphatic carbocycles. The van der Waals surface area contributed by atoms with Gasteiger partial charge in [0, 0.05) is 10.7 Å². The molecule has 82 valence electrons. The van der Waals surface area contributed by atoms with Gasteiger partial charge in [0.15, 0.2) is 0 Å². The summed E-state index contributed by atoms with van der Waals surface area (Å²) in [5.74, 6) is -0.0831. The van der Waals surface area contributed by atoms with E-state index in [2.05, 4.69) is 15.0 Å². The number of hydrogen-bond donors (Lipinski definition) is 3. The van der Waals surface area contributed by atoms with Gasteiger partial charge in [-0.15, -0.1) is 0 Å². The Bertz CT molecular complexity index is 497. The number of nitrogens with one attached hydrogen (secondary N) is 1. The second kappa shape index (κ2) is 5.35. The first-order chi connectivity index (χ1) is 7.56. The Kier molecular flexibility index (Phi) is 4.11. The van der Waals surface area contributed by atoms with Gasteiger partial charge in [0.05, 0.1) is 10.0 Å². The highest BCUT2D eigenvalue weighted by Gasteiger charge is 2.11. The number of nitrogens with zero attached hydrogens (tertiary/aromatic N) is 2. The molecule has 0 aromatic heterocycles. The van der Waals surface area contributed by atoms with Gasteiger partial charge >= 0.3 is 11.8 Å². The third-order valence-electron chi connectivity index (χ3n) is 1.59. The molecule has 0 heterocycles. The molecule has 0 fully saturated rings. The number of benzene rings is 1. The molecule has 5 nitrogen and oxygen atoms in total. The van der Waals surface area contributed by atoms with Gasteiger partial charge < -0.3 is 4.85 Å². The second-order valence-corrected chi connectivity index (χ2v) is 3.50. The summed E-state index contributed by atoms with van der Waals surface area (Å²) in [6.45, 7) is 6.97. The van der Waals surface area contributed by atoms with Crippen LogP contribution in [0, 0.1) is 6.57 Å². The van der Waals surface area contributed by atoms with E-state index in [9.17, 15) is 0 Å². The molecule has 16 heavy (non-hydrogen) atoms. The highest BCUT2D eigenvalue weighted by atomic mass is 35.5. The first kappa shape index (κ1) is 12.3. The number of hydrazone groups is 1. The van der Waals surface area contributed by atoms with Gasteiger partial charge in [-0.2, -0.15) is 0 Å². The SMILES string of the molecule is [C-]#[N+]/C(=N\[NH+]=C(N)N)c1cccc(Cl)c1Cl. The summed E-state index contributed by atoms with van der Waals surface area (Å²) < 4.78 is 0. The maximum absolute atomic E-state index is 6.97. The van der Waals surface area contributed by atoms with Gasteiger partial charge in [-0.3, -0.25) is 11.5 Å². The lowest BCUT2D eigenvalue weighted by molar-refractivity contribution is -0.464. The van der Waals surface area contributed by atoms with E-state index >= 15 is 0 Å². The Morgan fingerprint density at radius 2 is 2.06 bits per heavy atom. The Hall–Kier alpha value is -1.77. The minimum absolute atomic E-state index is 0.0286. The Balaban J connectivity index is 3.26. The van der Waals surface area contributed by atoms with E-state index in [1.165, 1.54) is 0 Å². The van der Waals surface area contributed by atoms with Crippen LogP contribution in [-0.4, -0.2) is 11.8 Å². The molecule has 0 saturated heterocycles. The van der Waals surface area contributed by atoms with Crippen LogP contribution < -0.4 is 16.6 Å². The number of rotatable bonds is 2. The molecule has 5 N–H and O–H groups in total. The van der Waals surface area contributed by atoms with Crippen molar-refractivity contribution in [2.24, 2.45) is 16.6 Å². The van der Waals surface area contributed by atoms with E-state index in [0.29, 0.717) is 10.6 Å². The van der Waals surface area contributed by atoms with Crippen molar-refractivity contribution in [2.75, 3.05) is 0 Å². The van der Waals surface area contributed by atoms with Crippen molar-refractivity contribution in [3.05, 3.63) is 45.2 Å². The Morgan fingerprint density at radius 1 is 1.38 bits per heavy atom. The summed E-state index contributed by atoms with van der Waals surface area (Å²) in [5, 5.41) is 6.59. The van der Waals surface area contributed by atoms with Crippen LogP contribution in [-0.2, 0) is 0 Å². The van der Waals surface area contributed by atoms with E-state index in [-0.39, 0.29) is 16.8 Å². The molecule has 0 aliphatic heterocycles. The van der Waals surface area contributed by atoms with Crippen molar-refractivity contribution in [3.8, 4) is 0 Å². The van der Waals surface area contributed by atoms with Crippen LogP contribution in [0.25, 0.3) is 4.85 Å².